The molecule has 10 nitrogen and oxygen atoms in total. The average molecular weight is 448 g/mol. The highest BCUT2D eigenvalue weighted by atomic mass is 32.1. The molecule has 0 saturated carbocycles. The molecule has 4 N–H and O–H groups in total. The molecule has 0 fully saturated rings. The van der Waals surface area contributed by atoms with E-state index in [1.165, 1.54) is 11.3 Å². The van der Waals surface area contributed by atoms with Crippen LogP contribution < -0.4 is 27.2 Å². The van der Waals surface area contributed by atoms with Gasteiger partial charge in [0, 0.05) is 13.1 Å². The summed E-state index contributed by atoms with van der Waals surface area (Å²) in [4.78, 5) is 52.3. The minimum atomic E-state index is -1.21. The standard InChI is InChI=1S/C19H21FN6O4S/c20-12-11-26(19(30)24-15(12)27)18(29)22-10-6-2-1-5-9-21-16(28)25-17-23-13-7-3-4-8-14(13)31-17/h3-4,7-8,11H,1-2,5-6,9-10H2,(H,22,29)(H,24,27,30)(H2,21,23,25,28). The van der Waals surface area contributed by atoms with E-state index in [0.29, 0.717) is 28.9 Å². The summed E-state index contributed by atoms with van der Waals surface area (Å²) >= 11 is 1.40. The van der Waals surface area contributed by atoms with Crippen molar-refractivity contribution in [2.75, 3.05) is 18.4 Å². The maximum absolute atomic E-state index is 13.2. The Hall–Kier alpha value is -3.54. The molecule has 3 amide bonds. The van der Waals surface area contributed by atoms with Gasteiger partial charge in [-0.3, -0.25) is 15.1 Å². The van der Waals surface area contributed by atoms with E-state index in [1.54, 1.807) is 4.98 Å². The highest BCUT2D eigenvalue weighted by Crippen LogP contribution is 2.25. The molecule has 3 aromatic rings. The number of anilines is 1. The lowest BCUT2D eigenvalue weighted by Crippen LogP contribution is -2.40. The first-order valence-electron chi connectivity index (χ1n) is 9.64. The van der Waals surface area contributed by atoms with Crippen molar-refractivity contribution >= 4 is 38.7 Å². The van der Waals surface area contributed by atoms with Crippen LogP contribution >= 0.6 is 11.3 Å². The number of nitrogens with zero attached hydrogens (tertiary/aromatic N) is 2. The number of aromatic nitrogens is 3. The monoisotopic (exact) mass is 448 g/mol. The summed E-state index contributed by atoms with van der Waals surface area (Å²) in [5.74, 6) is -1.21. The number of rotatable bonds is 8. The maximum Gasteiger partial charge on any atom is 0.336 e. The topological polar surface area (TPSA) is 138 Å². The van der Waals surface area contributed by atoms with E-state index < -0.39 is 23.1 Å². The Morgan fingerprint density at radius 2 is 1.77 bits per heavy atom. The van der Waals surface area contributed by atoms with E-state index in [1.807, 2.05) is 24.3 Å². The number of urea groups is 1. The Kier molecular flexibility index (Phi) is 7.49. The number of carbonyl (C=O) groups is 2. The first-order valence-corrected chi connectivity index (χ1v) is 10.5. The molecule has 0 aliphatic carbocycles. The van der Waals surface area contributed by atoms with Crippen molar-refractivity contribution in [1.82, 2.24) is 25.2 Å². The minimum absolute atomic E-state index is 0.289. The van der Waals surface area contributed by atoms with Gasteiger partial charge >= 0.3 is 17.8 Å². The van der Waals surface area contributed by atoms with Crippen LogP contribution in [0.4, 0.5) is 19.1 Å². The lowest BCUT2D eigenvalue weighted by atomic mass is 10.2. The van der Waals surface area contributed by atoms with Gasteiger partial charge in [-0.15, -0.1) is 0 Å². The Bertz CT molecular complexity index is 1150. The smallest absolute Gasteiger partial charge is 0.336 e. The number of benzene rings is 1. The van der Waals surface area contributed by atoms with Crippen LogP contribution in [0.15, 0.2) is 40.1 Å². The quantitative estimate of drug-likeness (QED) is 0.392. The number of nitrogens with one attached hydrogen (secondary N) is 4. The van der Waals surface area contributed by atoms with Crippen LogP contribution in [0.25, 0.3) is 10.2 Å². The molecule has 0 atom stereocenters. The zero-order valence-corrected chi connectivity index (χ0v) is 17.3. The van der Waals surface area contributed by atoms with Gasteiger partial charge < -0.3 is 10.6 Å². The third-order valence-corrected chi connectivity index (χ3v) is 5.25. The molecule has 0 unspecified atom stereocenters. The lowest BCUT2D eigenvalue weighted by Gasteiger charge is -2.07. The van der Waals surface area contributed by atoms with Crippen LogP contribution in [-0.2, 0) is 0 Å². The van der Waals surface area contributed by atoms with E-state index in [4.69, 9.17) is 0 Å². The summed E-state index contributed by atoms with van der Waals surface area (Å²) in [6.07, 6.45) is 3.57. The molecule has 0 radical (unpaired) electrons. The fourth-order valence-corrected chi connectivity index (χ4v) is 3.61. The van der Waals surface area contributed by atoms with Gasteiger partial charge in [0.1, 0.15) is 0 Å². The summed E-state index contributed by atoms with van der Waals surface area (Å²) in [5.41, 5.74) is -1.33. The number of H-pyrrole nitrogens is 1. The number of amides is 3. The summed E-state index contributed by atoms with van der Waals surface area (Å²) in [6, 6.07) is 6.50. The maximum atomic E-state index is 13.2. The number of thiazole rings is 1. The van der Waals surface area contributed by atoms with Crippen molar-refractivity contribution in [3.05, 3.63) is 57.1 Å². The number of carbonyl (C=O) groups excluding carboxylic acids is 2. The van der Waals surface area contributed by atoms with Crippen LogP contribution in [-0.4, -0.2) is 39.7 Å². The molecule has 0 aliphatic heterocycles. The second-order valence-corrected chi connectivity index (χ2v) is 7.65. The molecule has 0 spiro atoms. The van der Waals surface area contributed by atoms with Crippen molar-refractivity contribution in [2.24, 2.45) is 0 Å². The number of hydrogen-bond donors (Lipinski definition) is 4. The Balaban J connectivity index is 1.27. The molecule has 1 aromatic carbocycles. The van der Waals surface area contributed by atoms with E-state index in [9.17, 15) is 23.6 Å². The number of unbranched alkanes of at least 4 members (excludes halogenated alkanes) is 3. The molecule has 2 aromatic heterocycles. The summed E-state index contributed by atoms with van der Waals surface area (Å²) in [7, 11) is 0. The largest absolute Gasteiger partial charge is 0.338 e. The molecule has 0 aliphatic rings. The molecular formula is C19H21FN6O4S. The lowest BCUT2D eigenvalue weighted by molar-refractivity contribution is 0.240. The summed E-state index contributed by atoms with van der Waals surface area (Å²) in [5, 5.41) is 8.50. The van der Waals surface area contributed by atoms with Gasteiger partial charge in [0.2, 0.25) is 5.82 Å². The number of hydrogen-bond acceptors (Lipinski definition) is 6. The second-order valence-electron chi connectivity index (χ2n) is 6.62. The van der Waals surface area contributed by atoms with Crippen LogP contribution in [0, 0.1) is 5.82 Å². The molecular weight excluding hydrogens is 427 g/mol. The number of para-hydroxylation sites is 1. The second kappa shape index (κ2) is 10.5. The van der Waals surface area contributed by atoms with Crippen molar-refractivity contribution in [3.8, 4) is 0 Å². The fourth-order valence-electron chi connectivity index (χ4n) is 2.75. The van der Waals surface area contributed by atoms with Gasteiger partial charge in [0.25, 0.3) is 5.56 Å². The predicted octanol–water partition coefficient (Wildman–Crippen LogP) is 2.23. The van der Waals surface area contributed by atoms with E-state index in [0.717, 1.165) is 29.5 Å². The molecule has 2 heterocycles. The molecule has 3 rings (SSSR count). The minimum Gasteiger partial charge on any atom is -0.338 e. The Morgan fingerprint density at radius 1 is 1.06 bits per heavy atom. The van der Waals surface area contributed by atoms with Crippen LogP contribution in [0.5, 0.6) is 0 Å². The number of fused-ring (bicyclic) bond motifs is 1. The third-order valence-electron chi connectivity index (χ3n) is 4.30. The summed E-state index contributed by atoms with van der Waals surface area (Å²) in [6.45, 7) is 0.784. The molecule has 12 heteroatoms. The first-order chi connectivity index (χ1) is 14.9. The fraction of sp³-hybridized carbons (Fsp3) is 0.316. The Labute approximate surface area is 179 Å². The van der Waals surface area contributed by atoms with Gasteiger partial charge in [-0.05, 0) is 25.0 Å². The van der Waals surface area contributed by atoms with Crippen molar-refractivity contribution in [2.45, 2.75) is 25.7 Å². The van der Waals surface area contributed by atoms with Gasteiger partial charge in [-0.2, -0.15) is 4.39 Å². The van der Waals surface area contributed by atoms with Gasteiger partial charge in [-0.1, -0.05) is 36.3 Å². The van der Waals surface area contributed by atoms with E-state index in [2.05, 4.69) is 20.9 Å². The highest BCUT2D eigenvalue weighted by molar-refractivity contribution is 7.22. The third kappa shape index (κ3) is 6.22. The average Bonchev–Trinajstić information content (AvgIpc) is 3.14. The van der Waals surface area contributed by atoms with E-state index in [-0.39, 0.29) is 12.6 Å². The van der Waals surface area contributed by atoms with Crippen LogP contribution in [0.2, 0.25) is 0 Å². The van der Waals surface area contributed by atoms with E-state index >= 15 is 0 Å². The summed E-state index contributed by atoms with van der Waals surface area (Å²) < 4.78 is 14.7. The highest BCUT2D eigenvalue weighted by Gasteiger charge is 2.10. The molecule has 0 saturated heterocycles. The molecule has 31 heavy (non-hydrogen) atoms. The van der Waals surface area contributed by atoms with Crippen LogP contribution in [0.1, 0.15) is 25.7 Å². The van der Waals surface area contributed by atoms with Crippen molar-refractivity contribution in [1.29, 1.82) is 0 Å². The predicted molar refractivity (Wildman–Crippen MR) is 115 cm³/mol. The molecule has 0 bridgehead atoms. The van der Waals surface area contributed by atoms with Crippen LogP contribution in [0.3, 0.4) is 0 Å². The molecule has 164 valence electrons. The van der Waals surface area contributed by atoms with Gasteiger partial charge in [-0.25, -0.2) is 23.9 Å². The number of halogens is 1. The van der Waals surface area contributed by atoms with Crippen molar-refractivity contribution in [3.63, 3.8) is 0 Å². The number of aromatic amines is 1. The van der Waals surface area contributed by atoms with Crippen molar-refractivity contribution < 1.29 is 14.0 Å². The zero-order valence-electron chi connectivity index (χ0n) is 16.4. The van der Waals surface area contributed by atoms with Gasteiger partial charge in [0.15, 0.2) is 5.13 Å². The zero-order chi connectivity index (χ0) is 22.2. The first kappa shape index (κ1) is 22.2. The Morgan fingerprint density at radius 3 is 2.52 bits per heavy atom. The SMILES string of the molecule is O=C(NCCCCCCNC(=O)n1cc(F)c(=O)[nH]c1=O)Nc1nc2ccccc2s1. The van der Waals surface area contributed by atoms with Gasteiger partial charge in [0.05, 0.1) is 16.4 Å². The normalized spacial score (nSPS) is 10.7.